The Balaban J connectivity index is 1.72. The number of carbonyl (C=O) groups is 1. The molecule has 1 aliphatic rings. The minimum absolute atomic E-state index is 0.0779. The van der Waals surface area contributed by atoms with E-state index in [1.165, 1.54) is 18.2 Å². The Labute approximate surface area is 156 Å². The number of nitro benzene ring substituents is 1. The van der Waals surface area contributed by atoms with E-state index in [0.29, 0.717) is 6.54 Å². The van der Waals surface area contributed by atoms with Crippen LogP contribution in [0.1, 0.15) is 34.8 Å². The van der Waals surface area contributed by atoms with Gasteiger partial charge in [-0.25, -0.2) is 0 Å². The van der Waals surface area contributed by atoms with E-state index >= 15 is 0 Å². The summed E-state index contributed by atoms with van der Waals surface area (Å²) in [6.07, 6.45) is 2.32. The van der Waals surface area contributed by atoms with Gasteiger partial charge in [-0.3, -0.25) is 19.8 Å². The number of carbonyl (C=O) groups excluding carboxylic acids is 1. The van der Waals surface area contributed by atoms with Gasteiger partial charge in [-0.05, 0) is 37.6 Å². The van der Waals surface area contributed by atoms with E-state index in [1.54, 1.807) is 0 Å². The zero-order chi connectivity index (χ0) is 18.5. The maximum Gasteiger partial charge on any atom is 0.270 e. The summed E-state index contributed by atoms with van der Waals surface area (Å²) in [6.45, 7) is 2.47. The third-order valence-electron chi connectivity index (χ3n) is 4.63. The van der Waals surface area contributed by atoms with Crippen LogP contribution in [0.25, 0.3) is 0 Å². The maximum absolute atomic E-state index is 12.5. The molecule has 3 rings (SSSR count). The number of nitrogens with one attached hydrogen (secondary N) is 1. The summed E-state index contributed by atoms with van der Waals surface area (Å²) in [5.74, 6) is -0.329. The predicted octanol–water partition coefficient (Wildman–Crippen LogP) is 3.82. The Kier molecular flexibility index (Phi) is 5.85. The Morgan fingerprint density at radius 1 is 1.19 bits per heavy atom. The number of hydrogen-bond donors (Lipinski definition) is 1. The van der Waals surface area contributed by atoms with E-state index < -0.39 is 4.92 Å². The Bertz CT molecular complexity index is 792. The van der Waals surface area contributed by atoms with E-state index in [9.17, 15) is 14.9 Å². The van der Waals surface area contributed by atoms with Crippen molar-refractivity contribution in [2.45, 2.75) is 18.9 Å². The average molecular weight is 374 g/mol. The fourth-order valence-electron chi connectivity index (χ4n) is 3.27. The van der Waals surface area contributed by atoms with Gasteiger partial charge in [-0.1, -0.05) is 41.9 Å². The third-order valence-corrected chi connectivity index (χ3v) is 4.94. The molecule has 1 amide bonds. The van der Waals surface area contributed by atoms with Crippen LogP contribution in [0.5, 0.6) is 0 Å². The molecule has 0 aliphatic carbocycles. The van der Waals surface area contributed by atoms with Crippen molar-refractivity contribution in [2.75, 3.05) is 19.6 Å². The lowest BCUT2D eigenvalue weighted by Crippen LogP contribution is -2.36. The van der Waals surface area contributed by atoms with Crippen molar-refractivity contribution in [3.8, 4) is 0 Å². The van der Waals surface area contributed by atoms with E-state index in [-0.39, 0.29) is 28.2 Å². The van der Waals surface area contributed by atoms with E-state index in [4.69, 9.17) is 11.6 Å². The molecular formula is C19H20ClN3O3. The normalized spacial score (nSPS) is 15.6. The number of non-ortho nitro benzene ring substituents is 1. The number of nitro groups is 1. The van der Waals surface area contributed by atoms with Crippen molar-refractivity contribution in [1.29, 1.82) is 0 Å². The first-order valence-corrected chi connectivity index (χ1v) is 8.95. The Morgan fingerprint density at radius 3 is 2.50 bits per heavy atom. The SMILES string of the molecule is O=C(NC[C@H](c1ccccc1)N1CCCC1)c1ccc([N+](=O)[O-])cc1Cl. The molecule has 26 heavy (non-hydrogen) atoms. The topological polar surface area (TPSA) is 75.5 Å². The summed E-state index contributed by atoms with van der Waals surface area (Å²) in [6, 6.07) is 14.1. The second-order valence-electron chi connectivity index (χ2n) is 6.30. The van der Waals surface area contributed by atoms with Crippen LogP contribution in [0.4, 0.5) is 5.69 Å². The predicted molar refractivity (Wildman–Crippen MR) is 100 cm³/mol. The van der Waals surface area contributed by atoms with E-state index in [2.05, 4.69) is 22.3 Å². The van der Waals surface area contributed by atoms with Gasteiger partial charge in [0.25, 0.3) is 11.6 Å². The molecule has 1 N–H and O–H groups in total. The number of benzene rings is 2. The molecule has 6 nitrogen and oxygen atoms in total. The van der Waals surface area contributed by atoms with Crippen LogP contribution in [-0.2, 0) is 0 Å². The lowest BCUT2D eigenvalue weighted by atomic mass is 10.1. The van der Waals surface area contributed by atoms with Crippen LogP contribution in [0.15, 0.2) is 48.5 Å². The quantitative estimate of drug-likeness (QED) is 0.617. The van der Waals surface area contributed by atoms with Crippen molar-refractivity contribution in [2.24, 2.45) is 0 Å². The highest BCUT2D eigenvalue weighted by Gasteiger charge is 2.24. The van der Waals surface area contributed by atoms with Crippen LogP contribution in [-0.4, -0.2) is 35.4 Å². The number of nitrogens with zero attached hydrogens (tertiary/aromatic N) is 2. The summed E-state index contributed by atoms with van der Waals surface area (Å²) in [5.41, 5.74) is 1.26. The molecule has 2 aromatic rings. The molecule has 0 radical (unpaired) electrons. The first-order valence-electron chi connectivity index (χ1n) is 8.57. The number of hydrogen-bond acceptors (Lipinski definition) is 4. The molecule has 0 spiro atoms. The second kappa shape index (κ2) is 8.29. The molecule has 0 saturated carbocycles. The molecular weight excluding hydrogens is 354 g/mol. The summed E-state index contributed by atoms with van der Waals surface area (Å²) in [7, 11) is 0. The molecule has 1 aliphatic heterocycles. The van der Waals surface area contributed by atoms with Gasteiger partial charge in [-0.2, -0.15) is 0 Å². The largest absolute Gasteiger partial charge is 0.350 e. The van der Waals surface area contributed by atoms with Gasteiger partial charge in [0.15, 0.2) is 0 Å². The van der Waals surface area contributed by atoms with Gasteiger partial charge >= 0.3 is 0 Å². The molecule has 1 atom stereocenters. The smallest absolute Gasteiger partial charge is 0.270 e. The van der Waals surface area contributed by atoms with Crippen molar-refractivity contribution >= 4 is 23.2 Å². The zero-order valence-electron chi connectivity index (χ0n) is 14.2. The van der Waals surface area contributed by atoms with Crippen molar-refractivity contribution in [3.63, 3.8) is 0 Å². The highest BCUT2D eigenvalue weighted by Crippen LogP contribution is 2.25. The number of amides is 1. The summed E-state index contributed by atoms with van der Waals surface area (Å²) < 4.78 is 0. The van der Waals surface area contributed by atoms with Crippen LogP contribution in [0.2, 0.25) is 5.02 Å². The molecule has 1 heterocycles. The molecule has 1 fully saturated rings. The molecule has 0 aromatic heterocycles. The minimum Gasteiger partial charge on any atom is -0.350 e. The Hall–Kier alpha value is -2.44. The Morgan fingerprint density at radius 2 is 1.88 bits per heavy atom. The molecule has 0 unspecified atom stereocenters. The molecule has 2 aromatic carbocycles. The third kappa shape index (κ3) is 4.20. The van der Waals surface area contributed by atoms with Gasteiger partial charge in [0.05, 0.1) is 21.6 Å². The highest BCUT2D eigenvalue weighted by atomic mass is 35.5. The number of halogens is 1. The lowest BCUT2D eigenvalue weighted by Gasteiger charge is -2.28. The first-order chi connectivity index (χ1) is 12.6. The van der Waals surface area contributed by atoms with Gasteiger partial charge in [0, 0.05) is 18.7 Å². The molecule has 136 valence electrons. The second-order valence-corrected chi connectivity index (χ2v) is 6.71. The summed E-state index contributed by atoms with van der Waals surface area (Å²) >= 11 is 6.05. The van der Waals surface area contributed by atoms with Gasteiger partial charge in [0.2, 0.25) is 0 Å². The van der Waals surface area contributed by atoms with Crippen molar-refractivity contribution in [1.82, 2.24) is 10.2 Å². The van der Waals surface area contributed by atoms with Gasteiger partial charge in [-0.15, -0.1) is 0 Å². The van der Waals surface area contributed by atoms with Gasteiger partial charge in [0.1, 0.15) is 0 Å². The van der Waals surface area contributed by atoms with E-state index in [0.717, 1.165) is 31.5 Å². The van der Waals surface area contributed by atoms with Crippen LogP contribution >= 0.6 is 11.6 Å². The van der Waals surface area contributed by atoms with Crippen LogP contribution < -0.4 is 5.32 Å². The lowest BCUT2D eigenvalue weighted by molar-refractivity contribution is -0.384. The van der Waals surface area contributed by atoms with Gasteiger partial charge < -0.3 is 5.32 Å². The maximum atomic E-state index is 12.5. The fourth-order valence-corrected chi connectivity index (χ4v) is 3.53. The fraction of sp³-hybridized carbons (Fsp3) is 0.316. The van der Waals surface area contributed by atoms with Crippen LogP contribution in [0, 0.1) is 10.1 Å². The summed E-state index contributed by atoms with van der Waals surface area (Å²) in [5, 5.41) is 13.8. The van der Waals surface area contributed by atoms with E-state index in [1.807, 2.05) is 18.2 Å². The van der Waals surface area contributed by atoms with Crippen LogP contribution in [0.3, 0.4) is 0 Å². The molecule has 0 bridgehead atoms. The monoisotopic (exact) mass is 373 g/mol. The highest BCUT2D eigenvalue weighted by molar-refractivity contribution is 6.34. The zero-order valence-corrected chi connectivity index (χ0v) is 15.0. The minimum atomic E-state index is -0.535. The molecule has 1 saturated heterocycles. The molecule has 7 heteroatoms. The average Bonchev–Trinajstić information content (AvgIpc) is 3.17. The standard InChI is InChI=1S/C19H20ClN3O3/c20-17-12-15(23(25)26)8-9-16(17)19(24)21-13-18(22-10-4-5-11-22)14-6-2-1-3-7-14/h1-3,6-9,12,18H,4-5,10-11,13H2,(H,21,24)/t18-/m1/s1. The van der Waals surface area contributed by atoms with Crippen molar-refractivity contribution < 1.29 is 9.72 Å². The number of likely N-dealkylation sites (tertiary alicyclic amines) is 1. The summed E-state index contributed by atoms with van der Waals surface area (Å²) in [4.78, 5) is 25.1. The number of rotatable bonds is 6. The first kappa shape index (κ1) is 18.4. The van der Waals surface area contributed by atoms with Crippen molar-refractivity contribution in [3.05, 3.63) is 74.8 Å².